The van der Waals surface area contributed by atoms with Crippen molar-refractivity contribution in [1.29, 1.82) is 0 Å². The van der Waals surface area contributed by atoms with E-state index in [4.69, 9.17) is 4.74 Å². The van der Waals surface area contributed by atoms with Crippen molar-refractivity contribution in [2.24, 2.45) is 5.92 Å². The van der Waals surface area contributed by atoms with E-state index in [0.29, 0.717) is 18.0 Å². The van der Waals surface area contributed by atoms with Gasteiger partial charge in [-0.2, -0.15) is 0 Å². The molecule has 5 nitrogen and oxygen atoms in total. The fraction of sp³-hybridized carbons (Fsp3) is 0.300. The summed E-state index contributed by atoms with van der Waals surface area (Å²) in [6, 6.07) is 14.8. The molecule has 26 heavy (non-hydrogen) atoms. The lowest BCUT2D eigenvalue weighted by atomic mass is 10.1. The molecule has 1 fully saturated rings. The molecule has 2 amide bonds. The Balaban J connectivity index is 1.66. The monoisotopic (exact) mass is 416 g/mol. The highest BCUT2D eigenvalue weighted by Crippen LogP contribution is 2.27. The third kappa shape index (κ3) is 4.43. The van der Waals surface area contributed by atoms with E-state index in [9.17, 15) is 9.59 Å². The van der Waals surface area contributed by atoms with Gasteiger partial charge in [-0.25, -0.2) is 0 Å². The molecular weight excluding hydrogens is 396 g/mol. The molecule has 1 heterocycles. The zero-order chi connectivity index (χ0) is 18.7. The lowest BCUT2D eigenvalue weighted by Crippen LogP contribution is -2.28. The van der Waals surface area contributed by atoms with Crippen molar-refractivity contribution in [3.8, 4) is 5.75 Å². The molecule has 6 heteroatoms. The van der Waals surface area contributed by atoms with E-state index in [0.717, 1.165) is 10.2 Å². The molecule has 2 aromatic carbocycles. The molecule has 1 aliphatic rings. The zero-order valence-corrected chi connectivity index (χ0v) is 16.3. The van der Waals surface area contributed by atoms with Crippen molar-refractivity contribution >= 4 is 39.1 Å². The molecule has 1 atom stereocenters. The van der Waals surface area contributed by atoms with Gasteiger partial charge in [0.05, 0.1) is 12.0 Å². The average Bonchev–Trinajstić information content (AvgIpc) is 2.97. The van der Waals surface area contributed by atoms with E-state index >= 15 is 0 Å². The maximum atomic E-state index is 12.6. The smallest absolute Gasteiger partial charge is 0.229 e. The highest BCUT2D eigenvalue weighted by atomic mass is 79.9. The Hall–Kier alpha value is -2.34. The van der Waals surface area contributed by atoms with Crippen molar-refractivity contribution in [3.05, 3.63) is 53.0 Å². The molecule has 1 N–H and O–H groups in total. The Kier molecular flexibility index (Phi) is 5.61. The fourth-order valence-electron chi connectivity index (χ4n) is 2.92. The first-order chi connectivity index (χ1) is 12.4. The lowest BCUT2D eigenvalue weighted by Gasteiger charge is -2.17. The number of nitrogens with zero attached hydrogens (tertiary/aromatic N) is 1. The molecule has 0 bridgehead atoms. The van der Waals surface area contributed by atoms with Crippen LogP contribution in [0.25, 0.3) is 0 Å². The van der Waals surface area contributed by atoms with Crippen LogP contribution in [0.2, 0.25) is 0 Å². The van der Waals surface area contributed by atoms with Crippen LogP contribution in [0.15, 0.2) is 53.0 Å². The van der Waals surface area contributed by atoms with Crippen LogP contribution in [0.5, 0.6) is 5.75 Å². The van der Waals surface area contributed by atoms with Crippen LogP contribution in [-0.2, 0) is 9.59 Å². The van der Waals surface area contributed by atoms with E-state index in [1.807, 2.05) is 56.3 Å². The number of benzene rings is 2. The number of carbonyl (C=O) groups excluding carboxylic acids is 2. The number of anilines is 2. The Morgan fingerprint density at radius 2 is 1.96 bits per heavy atom. The summed E-state index contributed by atoms with van der Waals surface area (Å²) < 4.78 is 6.60. The summed E-state index contributed by atoms with van der Waals surface area (Å²) in [6.07, 6.45) is 0.275. The molecule has 0 aromatic heterocycles. The van der Waals surface area contributed by atoms with Gasteiger partial charge in [-0.1, -0.05) is 22.0 Å². The van der Waals surface area contributed by atoms with Crippen molar-refractivity contribution in [3.63, 3.8) is 0 Å². The van der Waals surface area contributed by atoms with Crippen molar-refractivity contribution < 1.29 is 14.3 Å². The highest BCUT2D eigenvalue weighted by molar-refractivity contribution is 9.10. The van der Waals surface area contributed by atoms with E-state index in [2.05, 4.69) is 21.2 Å². The van der Waals surface area contributed by atoms with Crippen LogP contribution >= 0.6 is 15.9 Å². The number of rotatable bonds is 5. The van der Waals surface area contributed by atoms with Gasteiger partial charge in [-0.15, -0.1) is 0 Å². The van der Waals surface area contributed by atoms with Crippen LogP contribution in [-0.4, -0.2) is 24.5 Å². The fourth-order valence-corrected chi connectivity index (χ4v) is 3.18. The summed E-state index contributed by atoms with van der Waals surface area (Å²) in [5, 5.41) is 2.89. The van der Waals surface area contributed by atoms with Gasteiger partial charge in [0.2, 0.25) is 11.8 Å². The van der Waals surface area contributed by atoms with E-state index in [1.165, 1.54) is 0 Å². The summed E-state index contributed by atoms with van der Waals surface area (Å²) in [6.45, 7) is 4.28. The van der Waals surface area contributed by atoms with Gasteiger partial charge in [-0.3, -0.25) is 9.59 Å². The maximum absolute atomic E-state index is 12.6. The number of amides is 2. The summed E-state index contributed by atoms with van der Waals surface area (Å²) in [5.41, 5.74) is 1.48. The molecule has 136 valence electrons. The average molecular weight is 417 g/mol. The lowest BCUT2D eigenvalue weighted by molar-refractivity contribution is -0.122. The summed E-state index contributed by atoms with van der Waals surface area (Å²) in [7, 11) is 0. The topological polar surface area (TPSA) is 58.6 Å². The third-order valence-electron chi connectivity index (χ3n) is 4.11. The van der Waals surface area contributed by atoms with Crippen LogP contribution in [0.4, 0.5) is 11.4 Å². The number of carbonyl (C=O) groups is 2. The second kappa shape index (κ2) is 7.91. The van der Waals surface area contributed by atoms with Crippen LogP contribution in [0.1, 0.15) is 20.3 Å². The van der Waals surface area contributed by atoms with E-state index < -0.39 is 0 Å². The van der Waals surface area contributed by atoms with Crippen molar-refractivity contribution in [2.45, 2.75) is 26.4 Å². The second-order valence-corrected chi connectivity index (χ2v) is 7.48. The van der Waals surface area contributed by atoms with Gasteiger partial charge in [0, 0.05) is 34.9 Å². The number of hydrogen-bond acceptors (Lipinski definition) is 3. The summed E-state index contributed by atoms with van der Waals surface area (Å²) in [4.78, 5) is 26.6. The van der Waals surface area contributed by atoms with E-state index in [1.54, 1.807) is 11.0 Å². The molecule has 0 radical (unpaired) electrons. The van der Waals surface area contributed by atoms with Gasteiger partial charge < -0.3 is 15.0 Å². The standard InChI is InChI=1S/C20H21BrN2O3/c1-13(2)26-18-5-3-4-16(11-18)22-20(25)14-10-19(24)23(12-14)17-8-6-15(21)7-9-17/h3-9,11,13-14H,10,12H2,1-2H3,(H,22,25)/t14-/m0/s1. The molecule has 2 aromatic rings. The molecule has 0 unspecified atom stereocenters. The van der Waals surface area contributed by atoms with Gasteiger partial charge >= 0.3 is 0 Å². The minimum atomic E-state index is -0.374. The Bertz CT molecular complexity index is 805. The maximum Gasteiger partial charge on any atom is 0.229 e. The van der Waals surface area contributed by atoms with Gasteiger partial charge in [-0.05, 0) is 50.2 Å². The van der Waals surface area contributed by atoms with Crippen molar-refractivity contribution in [2.75, 3.05) is 16.8 Å². The SMILES string of the molecule is CC(C)Oc1cccc(NC(=O)[C@H]2CC(=O)N(c3ccc(Br)cc3)C2)c1. The number of halogens is 1. The number of hydrogen-bond donors (Lipinski definition) is 1. The predicted molar refractivity (Wildman–Crippen MR) is 105 cm³/mol. The van der Waals surface area contributed by atoms with E-state index in [-0.39, 0.29) is 30.3 Å². The second-order valence-electron chi connectivity index (χ2n) is 6.57. The van der Waals surface area contributed by atoms with Crippen LogP contribution in [0.3, 0.4) is 0 Å². The Morgan fingerprint density at radius 1 is 1.23 bits per heavy atom. The van der Waals surface area contributed by atoms with Gasteiger partial charge in [0.25, 0.3) is 0 Å². The first kappa shape index (κ1) is 18.5. The van der Waals surface area contributed by atoms with Crippen LogP contribution < -0.4 is 15.0 Å². The minimum Gasteiger partial charge on any atom is -0.491 e. The first-order valence-electron chi connectivity index (χ1n) is 8.56. The molecule has 0 spiro atoms. The highest BCUT2D eigenvalue weighted by Gasteiger charge is 2.35. The van der Waals surface area contributed by atoms with Crippen LogP contribution in [0, 0.1) is 5.92 Å². The Morgan fingerprint density at radius 3 is 2.65 bits per heavy atom. The summed E-state index contributed by atoms with van der Waals surface area (Å²) >= 11 is 3.38. The molecule has 0 aliphatic carbocycles. The normalized spacial score (nSPS) is 16.8. The van der Waals surface area contributed by atoms with Gasteiger partial charge in [0.1, 0.15) is 5.75 Å². The number of nitrogens with one attached hydrogen (secondary N) is 1. The molecule has 0 saturated carbocycles. The minimum absolute atomic E-state index is 0.0376. The number of ether oxygens (including phenoxy) is 1. The third-order valence-corrected chi connectivity index (χ3v) is 4.64. The molecule has 1 saturated heterocycles. The Labute approximate surface area is 161 Å². The molecular formula is C20H21BrN2O3. The summed E-state index contributed by atoms with van der Waals surface area (Å²) in [5.74, 6) is 0.140. The van der Waals surface area contributed by atoms with Gasteiger partial charge in [0.15, 0.2) is 0 Å². The predicted octanol–water partition coefficient (Wildman–Crippen LogP) is 4.23. The first-order valence-corrected chi connectivity index (χ1v) is 9.35. The van der Waals surface area contributed by atoms with Crippen molar-refractivity contribution in [1.82, 2.24) is 0 Å². The molecule has 3 rings (SSSR count). The molecule has 1 aliphatic heterocycles. The zero-order valence-electron chi connectivity index (χ0n) is 14.7. The largest absolute Gasteiger partial charge is 0.491 e. The quantitative estimate of drug-likeness (QED) is 0.793.